The van der Waals surface area contributed by atoms with Crippen molar-refractivity contribution < 1.29 is 8.78 Å². The lowest BCUT2D eigenvalue weighted by molar-refractivity contribution is 0.584. The maximum atomic E-state index is 13.2. The van der Waals surface area contributed by atoms with Crippen LogP contribution in [0, 0.1) is 11.6 Å². The minimum atomic E-state index is -0.678. The molecule has 0 aliphatic rings. The monoisotopic (exact) mass is 247 g/mol. The molecule has 3 aromatic rings. The van der Waals surface area contributed by atoms with Crippen LogP contribution in [-0.4, -0.2) is 20.2 Å². The Morgan fingerprint density at radius 3 is 2.50 bits per heavy atom. The van der Waals surface area contributed by atoms with Gasteiger partial charge < -0.3 is 5.73 Å². The fourth-order valence-electron chi connectivity index (χ4n) is 1.79. The van der Waals surface area contributed by atoms with Crippen molar-refractivity contribution in [1.29, 1.82) is 0 Å². The van der Waals surface area contributed by atoms with Crippen molar-refractivity contribution in [1.82, 2.24) is 20.2 Å². The molecule has 90 valence electrons. The summed E-state index contributed by atoms with van der Waals surface area (Å²) in [5.41, 5.74) is 6.76. The van der Waals surface area contributed by atoms with Crippen molar-refractivity contribution in [2.75, 3.05) is 5.73 Å². The van der Waals surface area contributed by atoms with E-state index in [1.54, 1.807) is 0 Å². The molecule has 7 heteroatoms. The van der Waals surface area contributed by atoms with Gasteiger partial charge in [-0.05, 0) is 12.1 Å². The number of aromatic nitrogens is 4. The van der Waals surface area contributed by atoms with Crippen molar-refractivity contribution in [2.45, 2.75) is 0 Å². The third-order valence-corrected chi connectivity index (χ3v) is 2.53. The second-order valence-corrected chi connectivity index (χ2v) is 3.71. The zero-order valence-electron chi connectivity index (χ0n) is 8.98. The summed E-state index contributed by atoms with van der Waals surface area (Å²) in [5, 5.41) is 7.02. The molecule has 18 heavy (non-hydrogen) atoms. The molecule has 3 rings (SSSR count). The summed E-state index contributed by atoms with van der Waals surface area (Å²) in [6.45, 7) is 0. The zero-order valence-corrected chi connectivity index (χ0v) is 8.98. The highest BCUT2D eigenvalue weighted by Crippen LogP contribution is 2.29. The predicted octanol–water partition coefficient (Wildman–Crippen LogP) is 1.88. The van der Waals surface area contributed by atoms with Crippen LogP contribution in [-0.2, 0) is 0 Å². The number of benzene rings is 1. The molecule has 3 N–H and O–H groups in total. The third kappa shape index (κ3) is 1.56. The Balaban J connectivity index is 2.31. The van der Waals surface area contributed by atoms with E-state index in [0.717, 1.165) is 6.07 Å². The van der Waals surface area contributed by atoms with E-state index in [1.807, 2.05) is 0 Å². The molecule has 0 radical (unpaired) electrons. The number of nitrogens with zero attached hydrogens (tertiary/aromatic N) is 3. The van der Waals surface area contributed by atoms with Crippen molar-refractivity contribution in [3.63, 3.8) is 0 Å². The molecule has 2 aromatic heterocycles. The zero-order chi connectivity index (χ0) is 12.7. The first-order valence-corrected chi connectivity index (χ1v) is 5.06. The van der Waals surface area contributed by atoms with E-state index in [9.17, 15) is 8.78 Å². The number of rotatable bonds is 1. The molecule has 0 fully saturated rings. The second-order valence-electron chi connectivity index (χ2n) is 3.71. The Labute approximate surface area is 99.7 Å². The summed E-state index contributed by atoms with van der Waals surface area (Å²) in [5.74, 6) is -1.15. The number of hydrogen-bond donors (Lipinski definition) is 2. The van der Waals surface area contributed by atoms with Gasteiger partial charge in [-0.25, -0.2) is 18.7 Å². The van der Waals surface area contributed by atoms with Gasteiger partial charge in [0, 0.05) is 11.6 Å². The minimum Gasteiger partial charge on any atom is -0.383 e. The Bertz CT molecular complexity index is 717. The maximum Gasteiger partial charge on any atom is 0.186 e. The summed E-state index contributed by atoms with van der Waals surface area (Å²) in [7, 11) is 0. The van der Waals surface area contributed by atoms with Gasteiger partial charge in [-0.1, -0.05) is 0 Å². The van der Waals surface area contributed by atoms with E-state index in [4.69, 9.17) is 5.73 Å². The molecule has 1 aromatic carbocycles. The first kappa shape index (κ1) is 10.6. The molecule has 0 amide bonds. The van der Waals surface area contributed by atoms with Gasteiger partial charge in [-0.3, -0.25) is 5.10 Å². The van der Waals surface area contributed by atoms with Crippen LogP contribution in [0.3, 0.4) is 0 Å². The smallest absolute Gasteiger partial charge is 0.186 e. The number of hydrogen-bond acceptors (Lipinski definition) is 4. The van der Waals surface area contributed by atoms with Gasteiger partial charge in [0.05, 0.1) is 11.1 Å². The molecule has 0 saturated heterocycles. The van der Waals surface area contributed by atoms with Gasteiger partial charge in [0.15, 0.2) is 5.65 Å². The SMILES string of the molecule is Nc1ncnc2n[nH]c(-c3cc(F)cc(F)c3)c12. The summed E-state index contributed by atoms with van der Waals surface area (Å²) in [6, 6.07) is 3.16. The van der Waals surface area contributed by atoms with Gasteiger partial charge in [0.1, 0.15) is 23.8 Å². The molecule has 5 nitrogen and oxygen atoms in total. The van der Waals surface area contributed by atoms with Crippen LogP contribution >= 0.6 is 0 Å². The van der Waals surface area contributed by atoms with E-state index >= 15 is 0 Å². The fourth-order valence-corrected chi connectivity index (χ4v) is 1.79. The molecule has 0 atom stereocenters. The molecule has 0 unspecified atom stereocenters. The van der Waals surface area contributed by atoms with Crippen LogP contribution in [0.25, 0.3) is 22.3 Å². The van der Waals surface area contributed by atoms with Crippen molar-refractivity contribution in [3.8, 4) is 11.3 Å². The number of nitrogens with two attached hydrogens (primary N) is 1. The van der Waals surface area contributed by atoms with E-state index in [2.05, 4.69) is 20.2 Å². The first-order valence-electron chi connectivity index (χ1n) is 5.06. The van der Waals surface area contributed by atoms with Crippen molar-refractivity contribution in [3.05, 3.63) is 36.2 Å². The summed E-state index contributed by atoms with van der Waals surface area (Å²) < 4.78 is 26.4. The number of anilines is 1. The van der Waals surface area contributed by atoms with Crippen molar-refractivity contribution in [2.24, 2.45) is 0 Å². The molecule has 0 spiro atoms. The lowest BCUT2D eigenvalue weighted by Gasteiger charge is -2.01. The first-order chi connectivity index (χ1) is 8.65. The number of fused-ring (bicyclic) bond motifs is 1. The van der Waals surface area contributed by atoms with Crippen LogP contribution in [0.5, 0.6) is 0 Å². The van der Waals surface area contributed by atoms with E-state index in [-0.39, 0.29) is 5.82 Å². The van der Waals surface area contributed by atoms with Gasteiger partial charge in [0.2, 0.25) is 0 Å². The van der Waals surface area contributed by atoms with Gasteiger partial charge in [-0.2, -0.15) is 5.10 Å². The predicted molar refractivity (Wildman–Crippen MR) is 61.4 cm³/mol. The number of nitrogens with one attached hydrogen (secondary N) is 1. The van der Waals surface area contributed by atoms with Crippen molar-refractivity contribution >= 4 is 16.9 Å². The fraction of sp³-hybridized carbons (Fsp3) is 0. The molecule has 0 bridgehead atoms. The van der Waals surface area contributed by atoms with Gasteiger partial charge in [0.25, 0.3) is 0 Å². The average Bonchev–Trinajstić information content (AvgIpc) is 2.73. The number of nitrogen functional groups attached to an aromatic ring is 1. The second kappa shape index (κ2) is 3.73. The van der Waals surface area contributed by atoms with Gasteiger partial charge in [-0.15, -0.1) is 0 Å². The van der Waals surface area contributed by atoms with E-state index in [1.165, 1.54) is 18.5 Å². The quantitative estimate of drug-likeness (QED) is 0.688. The summed E-state index contributed by atoms with van der Waals surface area (Å²) >= 11 is 0. The maximum absolute atomic E-state index is 13.2. The van der Waals surface area contributed by atoms with E-state index < -0.39 is 11.6 Å². The van der Waals surface area contributed by atoms with Crippen LogP contribution in [0.4, 0.5) is 14.6 Å². The molecule has 0 saturated carbocycles. The molecule has 0 aliphatic carbocycles. The van der Waals surface area contributed by atoms with Crippen LogP contribution in [0.15, 0.2) is 24.5 Å². The van der Waals surface area contributed by atoms with Gasteiger partial charge >= 0.3 is 0 Å². The lowest BCUT2D eigenvalue weighted by Crippen LogP contribution is -1.93. The largest absolute Gasteiger partial charge is 0.383 e. The standard InChI is InChI=1S/C11H7F2N5/c12-6-1-5(2-7(13)3-6)9-8-10(14)15-4-16-11(8)18-17-9/h1-4H,(H3,14,15,16,17,18). The number of aromatic amines is 1. The van der Waals surface area contributed by atoms with Crippen LogP contribution in [0.1, 0.15) is 0 Å². The van der Waals surface area contributed by atoms with Crippen LogP contribution < -0.4 is 5.73 Å². The Hall–Kier alpha value is -2.57. The Kier molecular flexibility index (Phi) is 2.19. The number of halogens is 2. The lowest BCUT2D eigenvalue weighted by atomic mass is 10.1. The van der Waals surface area contributed by atoms with E-state index in [0.29, 0.717) is 22.3 Å². The molecule has 0 aliphatic heterocycles. The number of H-pyrrole nitrogens is 1. The highest BCUT2D eigenvalue weighted by molar-refractivity contribution is 5.97. The highest BCUT2D eigenvalue weighted by Gasteiger charge is 2.13. The third-order valence-electron chi connectivity index (χ3n) is 2.53. The molecular weight excluding hydrogens is 240 g/mol. The summed E-state index contributed by atoms with van der Waals surface area (Å²) in [4.78, 5) is 7.74. The molecular formula is C11H7F2N5. The topological polar surface area (TPSA) is 80.5 Å². The summed E-state index contributed by atoms with van der Waals surface area (Å²) in [6.07, 6.45) is 1.27. The minimum absolute atomic E-state index is 0.202. The highest BCUT2D eigenvalue weighted by atomic mass is 19.1. The van der Waals surface area contributed by atoms with Crippen LogP contribution in [0.2, 0.25) is 0 Å². The molecule has 2 heterocycles. The normalized spacial score (nSPS) is 11.0. The Morgan fingerprint density at radius 2 is 1.78 bits per heavy atom. The average molecular weight is 247 g/mol. The Morgan fingerprint density at radius 1 is 1.06 bits per heavy atom.